The number of rotatable bonds is 3. The number of carbonyl (C=O) groups excluding carboxylic acids is 1. The monoisotopic (exact) mass is 282 g/mol. The summed E-state index contributed by atoms with van der Waals surface area (Å²) in [6, 6.07) is 0. The number of hydrogen-bond donors (Lipinski definition) is 1. The van der Waals surface area contributed by atoms with Crippen molar-refractivity contribution in [2.75, 3.05) is 18.1 Å². The largest absolute Gasteiger partial charge is 0.325 e. The van der Waals surface area contributed by atoms with Crippen molar-refractivity contribution in [2.45, 2.75) is 63.6 Å². The van der Waals surface area contributed by atoms with E-state index >= 15 is 0 Å². The summed E-state index contributed by atoms with van der Waals surface area (Å²) >= 11 is 2.06. The molecule has 0 aromatic heterocycles. The van der Waals surface area contributed by atoms with Gasteiger partial charge in [0.05, 0.1) is 11.7 Å². The summed E-state index contributed by atoms with van der Waals surface area (Å²) in [7, 11) is 0. The predicted molar refractivity (Wildman–Crippen MR) is 80.2 cm³/mol. The van der Waals surface area contributed by atoms with Gasteiger partial charge < -0.3 is 4.90 Å². The Labute approximate surface area is 120 Å². The average Bonchev–Trinajstić information content (AvgIpc) is 3.01. The summed E-state index contributed by atoms with van der Waals surface area (Å²) in [5.41, 5.74) is -0.176. The van der Waals surface area contributed by atoms with Gasteiger partial charge in [-0.25, -0.2) is 0 Å². The number of thioether (sulfide) groups is 1. The highest BCUT2D eigenvalue weighted by atomic mass is 32.2. The van der Waals surface area contributed by atoms with Gasteiger partial charge >= 0.3 is 0 Å². The van der Waals surface area contributed by atoms with E-state index in [2.05, 4.69) is 28.9 Å². The zero-order valence-electron chi connectivity index (χ0n) is 12.0. The topological polar surface area (TPSA) is 32.3 Å². The number of nitrogens with one attached hydrogen (secondary N) is 1. The molecule has 2 aliphatic heterocycles. The molecule has 3 rings (SSSR count). The van der Waals surface area contributed by atoms with Crippen LogP contribution in [0.4, 0.5) is 0 Å². The molecule has 0 aromatic carbocycles. The summed E-state index contributed by atoms with van der Waals surface area (Å²) < 4.78 is 0. The lowest BCUT2D eigenvalue weighted by atomic mass is 9.97. The van der Waals surface area contributed by atoms with E-state index in [1.54, 1.807) is 0 Å². The van der Waals surface area contributed by atoms with Crippen molar-refractivity contribution in [2.24, 2.45) is 5.92 Å². The molecule has 1 saturated carbocycles. The first-order valence-electron chi connectivity index (χ1n) is 7.92. The van der Waals surface area contributed by atoms with Gasteiger partial charge in [-0.1, -0.05) is 19.8 Å². The minimum Gasteiger partial charge on any atom is -0.325 e. The van der Waals surface area contributed by atoms with E-state index in [0.717, 1.165) is 31.7 Å². The lowest BCUT2D eigenvalue weighted by molar-refractivity contribution is -0.133. The van der Waals surface area contributed by atoms with Crippen molar-refractivity contribution in [1.82, 2.24) is 10.2 Å². The first-order valence-corrected chi connectivity index (χ1v) is 9.07. The van der Waals surface area contributed by atoms with Gasteiger partial charge in [-0.15, -0.1) is 0 Å². The Bertz CT molecular complexity index is 335. The lowest BCUT2D eigenvalue weighted by Crippen LogP contribution is -2.44. The van der Waals surface area contributed by atoms with Crippen LogP contribution in [0.5, 0.6) is 0 Å². The molecule has 1 N–H and O–H groups in total. The van der Waals surface area contributed by atoms with Crippen molar-refractivity contribution >= 4 is 17.7 Å². The molecule has 19 heavy (non-hydrogen) atoms. The van der Waals surface area contributed by atoms with Crippen LogP contribution in [0.2, 0.25) is 0 Å². The van der Waals surface area contributed by atoms with Crippen LogP contribution in [0, 0.1) is 5.92 Å². The van der Waals surface area contributed by atoms with Gasteiger partial charge in [-0.05, 0) is 49.5 Å². The van der Waals surface area contributed by atoms with Crippen LogP contribution < -0.4 is 5.32 Å². The minimum absolute atomic E-state index is 0.176. The Morgan fingerprint density at radius 2 is 2.00 bits per heavy atom. The maximum absolute atomic E-state index is 12.8. The Kier molecular flexibility index (Phi) is 4.08. The van der Waals surface area contributed by atoms with E-state index in [9.17, 15) is 4.79 Å². The van der Waals surface area contributed by atoms with Crippen molar-refractivity contribution < 1.29 is 4.79 Å². The molecule has 3 nitrogen and oxygen atoms in total. The van der Waals surface area contributed by atoms with Gasteiger partial charge in [0.15, 0.2) is 0 Å². The van der Waals surface area contributed by atoms with Crippen LogP contribution in [-0.4, -0.2) is 40.6 Å². The smallest absolute Gasteiger partial charge is 0.244 e. The molecule has 1 atom stereocenters. The van der Waals surface area contributed by atoms with Crippen LogP contribution in [0.15, 0.2) is 0 Å². The Balaban J connectivity index is 1.69. The highest BCUT2D eigenvalue weighted by Crippen LogP contribution is 2.38. The van der Waals surface area contributed by atoms with Crippen molar-refractivity contribution in [3.05, 3.63) is 0 Å². The lowest BCUT2D eigenvalue weighted by Gasteiger charge is -2.30. The molecule has 2 heterocycles. The molecule has 1 aliphatic carbocycles. The van der Waals surface area contributed by atoms with Crippen molar-refractivity contribution in [1.29, 1.82) is 0 Å². The molecule has 4 heteroatoms. The molecule has 1 spiro atoms. The van der Waals surface area contributed by atoms with Gasteiger partial charge in [-0.2, -0.15) is 11.8 Å². The standard InChI is InChI=1S/C15H26N2OS/c1-2-13-16-15(7-3-4-8-15)14(18)17(13)11-12-5-9-19-10-6-12/h12-13,16H,2-11H2,1H3. The predicted octanol–water partition coefficient (Wildman–Crippen LogP) is 2.61. The van der Waals surface area contributed by atoms with E-state index in [-0.39, 0.29) is 5.54 Å². The highest BCUT2D eigenvalue weighted by Gasteiger charge is 2.51. The summed E-state index contributed by atoms with van der Waals surface area (Å²) in [6.07, 6.45) is 8.44. The van der Waals surface area contributed by atoms with E-state index in [1.807, 2.05) is 0 Å². The van der Waals surface area contributed by atoms with Crippen LogP contribution in [0.3, 0.4) is 0 Å². The fourth-order valence-electron chi connectivity index (χ4n) is 3.95. The van der Waals surface area contributed by atoms with Crippen molar-refractivity contribution in [3.8, 4) is 0 Å². The third-order valence-corrected chi connectivity index (χ3v) is 6.18. The van der Waals surface area contributed by atoms with E-state index in [0.29, 0.717) is 12.1 Å². The van der Waals surface area contributed by atoms with E-state index < -0.39 is 0 Å². The van der Waals surface area contributed by atoms with Crippen molar-refractivity contribution in [3.63, 3.8) is 0 Å². The molecular formula is C15H26N2OS. The molecule has 1 unspecified atom stereocenters. The number of carbonyl (C=O) groups is 1. The second kappa shape index (κ2) is 5.65. The number of nitrogens with zero attached hydrogens (tertiary/aromatic N) is 1. The van der Waals surface area contributed by atoms with Gasteiger partial charge in [-0.3, -0.25) is 10.1 Å². The average molecular weight is 282 g/mol. The zero-order valence-corrected chi connectivity index (χ0v) is 12.8. The highest BCUT2D eigenvalue weighted by molar-refractivity contribution is 7.99. The molecule has 0 radical (unpaired) electrons. The van der Waals surface area contributed by atoms with Gasteiger partial charge in [0, 0.05) is 6.54 Å². The van der Waals surface area contributed by atoms with Crippen LogP contribution in [0.25, 0.3) is 0 Å². The van der Waals surface area contributed by atoms with Crippen LogP contribution in [0.1, 0.15) is 51.9 Å². The summed E-state index contributed by atoms with van der Waals surface area (Å²) in [4.78, 5) is 15.0. The van der Waals surface area contributed by atoms with Crippen LogP contribution >= 0.6 is 11.8 Å². The number of hydrogen-bond acceptors (Lipinski definition) is 3. The molecule has 1 amide bonds. The number of amides is 1. The SMILES string of the molecule is CCC1NC2(CCCC2)C(=O)N1CC1CCSCC1. The normalized spacial score (nSPS) is 31.5. The third-order valence-electron chi connectivity index (χ3n) is 5.13. The second-order valence-electron chi connectivity index (χ2n) is 6.37. The minimum atomic E-state index is -0.176. The van der Waals surface area contributed by atoms with Gasteiger partial charge in [0.2, 0.25) is 5.91 Å². The third kappa shape index (κ3) is 2.54. The zero-order chi connectivity index (χ0) is 13.3. The Morgan fingerprint density at radius 3 is 2.63 bits per heavy atom. The second-order valence-corrected chi connectivity index (χ2v) is 7.60. The molecule has 3 fully saturated rings. The molecule has 108 valence electrons. The molecule has 3 aliphatic rings. The molecule has 0 aromatic rings. The van der Waals surface area contributed by atoms with E-state index in [4.69, 9.17) is 0 Å². The first-order chi connectivity index (χ1) is 9.25. The Morgan fingerprint density at radius 1 is 1.32 bits per heavy atom. The molecule has 0 bridgehead atoms. The van der Waals surface area contributed by atoms with Gasteiger partial charge in [0.1, 0.15) is 0 Å². The van der Waals surface area contributed by atoms with Crippen LogP contribution in [-0.2, 0) is 4.79 Å². The van der Waals surface area contributed by atoms with E-state index in [1.165, 1.54) is 37.2 Å². The first kappa shape index (κ1) is 13.7. The molecule has 2 saturated heterocycles. The quantitative estimate of drug-likeness (QED) is 0.863. The Hall–Kier alpha value is -0.220. The summed E-state index contributed by atoms with van der Waals surface area (Å²) in [5.74, 6) is 3.71. The molecular weight excluding hydrogens is 256 g/mol. The van der Waals surface area contributed by atoms with Gasteiger partial charge in [0.25, 0.3) is 0 Å². The fourth-order valence-corrected chi connectivity index (χ4v) is 5.16. The maximum Gasteiger partial charge on any atom is 0.244 e. The summed E-state index contributed by atoms with van der Waals surface area (Å²) in [6.45, 7) is 3.19. The summed E-state index contributed by atoms with van der Waals surface area (Å²) in [5, 5.41) is 3.68. The maximum atomic E-state index is 12.8. The fraction of sp³-hybridized carbons (Fsp3) is 0.933.